The third-order valence-electron chi connectivity index (χ3n) is 3.79. The van der Waals surface area contributed by atoms with E-state index < -0.39 is 0 Å². The number of benzene rings is 1. The quantitative estimate of drug-likeness (QED) is 0.345. The van der Waals surface area contributed by atoms with Gasteiger partial charge in [-0.15, -0.1) is 0 Å². The second-order valence-electron chi connectivity index (χ2n) is 5.95. The zero-order valence-corrected chi connectivity index (χ0v) is 15.9. The smallest absolute Gasteiger partial charge is 0.251 e. The third-order valence-corrected chi connectivity index (χ3v) is 3.79. The molecule has 0 aliphatic heterocycles. The average Bonchev–Trinajstić information content (AvgIpc) is 2.63. The van der Waals surface area contributed by atoms with Gasteiger partial charge in [0.05, 0.1) is 6.54 Å². The molecular weight excluding hydrogens is 316 g/mol. The van der Waals surface area contributed by atoms with Gasteiger partial charge in [0.15, 0.2) is 5.96 Å². The van der Waals surface area contributed by atoms with E-state index in [1.807, 2.05) is 38.1 Å². The first-order valence-electron chi connectivity index (χ1n) is 9.01. The van der Waals surface area contributed by atoms with Gasteiger partial charge in [0.1, 0.15) is 0 Å². The number of nitrogens with one attached hydrogen (secondary N) is 3. The molecule has 0 fully saturated rings. The third kappa shape index (κ3) is 8.54. The van der Waals surface area contributed by atoms with E-state index in [2.05, 4.69) is 27.9 Å². The van der Waals surface area contributed by atoms with Crippen LogP contribution in [0.4, 0.5) is 0 Å². The van der Waals surface area contributed by atoms with Gasteiger partial charge in [-0.25, -0.2) is 4.99 Å². The fourth-order valence-corrected chi connectivity index (χ4v) is 2.11. The van der Waals surface area contributed by atoms with Crippen LogP contribution in [0, 0.1) is 0 Å². The van der Waals surface area contributed by atoms with Crippen LogP contribution in [0.5, 0.6) is 0 Å². The van der Waals surface area contributed by atoms with Crippen molar-refractivity contribution in [2.24, 2.45) is 4.99 Å². The Morgan fingerprint density at radius 2 is 1.92 bits per heavy atom. The van der Waals surface area contributed by atoms with Crippen molar-refractivity contribution in [3.8, 4) is 0 Å². The summed E-state index contributed by atoms with van der Waals surface area (Å²) in [4.78, 5) is 16.6. The minimum absolute atomic E-state index is 0.0300. The normalized spacial score (nSPS) is 12.6. The molecule has 140 valence electrons. The first-order valence-corrected chi connectivity index (χ1v) is 9.01. The number of hydrogen-bond acceptors (Lipinski definition) is 3. The van der Waals surface area contributed by atoms with Crippen molar-refractivity contribution in [2.45, 2.75) is 46.2 Å². The molecule has 0 radical (unpaired) electrons. The van der Waals surface area contributed by atoms with E-state index in [9.17, 15) is 4.79 Å². The van der Waals surface area contributed by atoms with Crippen LogP contribution < -0.4 is 16.0 Å². The summed E-state index contributed by atoms with van der Waals surface area (Å²) in [7, 11) is 1.70. The van der Waals surface area contributed by atoms with Gasteiger partial charge in [-0.3, -0.25) is 4.79 Å². The monoisotopic (exact) mass is 348 g/mol. The van der Waals surface area contributed by atoms with Gasteiger partial charge in [0.25, 0.3) is 5.91 Å². The summed E-state index contributed by atoms with van der Waals surface area (Å²) in [5, 5.41) is 9.47. The van der Waals surface area contributed by atoms with Crippen molar-refractivity contribution < 1.29 is 9.53 Å². The molecule has 25 heavy (non-hydrogen) atoms. The highest BCUT2D eigenvalue weighted by molar-refractivity contribution is 5.94. The summed E-state index contributed by atoms with van der Waals surface area (Å²) in [5.74, 6) is 0.759. The summed E-state index contributed by atoms with van der Waals surface area (Å²) >= 11 is 0. The van der Waals surface area contributed by atoms with Crippen LogP contribution in [0.2, 0.25) is 0 Å². The summed E-state index contributed by atoms with van der Waals surface area (Å²) < 4.78 is 5.04. The van der Waals surface area contributed by atoms with Crippen LogP contribution in [-0.2, 0) is 11.3 Å². The predicted molar refractivity (Wildman–Crippen MR) is 103 cm³/mol. The fraction of sp³-hybridized carbons (Fsp3) is 0.579. The summed E-state index contributed by atoms with van der Waals surface area (Å²) in [6.45, 7) is 9.01. The van der Waals surface area contributed by atoms with E-state index in [0.29, 0.717) is 12.1 Å². The van der Waals surface area contributed by atoms with Crippen LogP contribution in [0.15, 0.2) is 29.3 Å². The van der Waals surface area contributed by atoms with Gasteiger partial charge in [-0.2, -0.15) is 0 Å². The maximum absolute atomic E-state index is 12.1. The first-order chi connectivity index (χ1) is 12.1. The van der Waals surface area contributed by atoms with E-state index in [1.54, 1.807) is 7.11 Å². The van der Waals surface area contributed by atoms with Crippen molar-refractivity contribution in [3.63, 3.8) is 0 Å². The van der Waals surface area contributed by atoms with Crippen molar-refractivity contribution in [3.05, 3.63) is 35.4 Å². The second kappa shape index (κ2) is 12.3. The number of nitrogens with zero attached hydrogens (tertiary/aromatic N) is 1. The summed E-state index contributed by atoms with van der Waals surface area (Å²) in [6, 6.07) is 7.78. The van der Waals surface area contributed by atoms with Gasteiger partial charge >= 0.3 is 0 Å². The average molecular weight is 348 g/mol. The standard InChI is InChI=1S/C19H32N4O2/c1-5-15(3)23-18(24)17-10-8-16(9-11-17)14-22-19(20-6-2)21-12-7-13-25-4/h8-11,15H,5-7,12-14H2,1-4H3,(H,23,24)(H2,20,21,22). The lowest BCUT2D eigenvalue weighted by Crippen LogP contribution is -2.38. The summed E-state index contributed by atoms with van der Waals surface area (Å²) in [5.41, 5.74) is 1.74. The van der Waals surface area contributed by atoms with E-state index in [-0.39, 0.29) is 11.9 Å². The molecule has 1 aromatic rings. The molecule has 1 aromatic carbocycles. The van der Waals surface area contributed by atoms with E-state index >= 15 is 0 Å². The maximum atomic E-state index is 12.1. The number of carbonyl (C=O) groups excluding carboxylic acids is 1. The zero-order chi connectivity index (χ0) is 18.5. The largest absolute Gasteiger partial charge is 0.385 e. The van der Waals surface area contributed by atoms with Crippen LogP contribution in [0.3, 0.4) is 0 Å². The Kier molecular flexibility index (Phi) is 10.3. The number of methoxy groups -OCH3 is 1. The molecule has 0 saturated carbocycles. The highest BCUT2D eigenvalue weighted by Crippen LogP contribution is 2.06. The van der Waals surface area contributed by atoms with Crippen LogP contribution in [0.1, 0.15) is 49.5 Å². The topological polar surface area (TPSA) is 74.8 Å². The Labute approximate surface area is 151 Å². The molecule has 0 aromatic heterocycles. The molecule has 0 saturated heterocycles. The lowest BCUT2D eigenvalue weighted by molar-refractivity contribution is 0.0939. The van der Waals surface area contributed by atoms with Crippen LogP contribution in [0.25, 0.3) is 0 Å². The van der Waals surface area contributed by atoms with Gasteiger partial charge in [-0.05, 0) is 44.4 Å². The second-order valence-corrected chi connectivity index (χ2v) is 5.95. The van der Waals surface area contributed by atoms with Gasteiger partial charge in [0.2, 0.25) is 0 Å². The molecule has 6 heteroatoms. The first kappa shape index (κ1) is 21.0. The molecule has 1 unspecified atom stereocenters. The van der Waals surface area contributed by atoms with Gasteiger partial charge in [-0.1, -0.05) is 19.1 Å². The molecule has 0 aliphatic rings. The zero-order valence-electron chi connectivity index (χ0n) is 15.9. The number of ether oxygens (including phenoxy) is 1. The lowest BCUT2D eigenvalue weighted by Gasteiger charge is -2.12. The Morgan fingerprint density at radius 3 is 2.52 bits per heavy atom. The van der Waals surface area contributed by atoms with Crippen LogP contribution in [-0.4, -0.2) is 44.7 Å². The number of rotatable bonds is 10. The molecule has 1 amide bonds. The Balaban J connectivity index is 2.57. The van der Waals surface area contributed by atoms with Gasteiger partial charge < -0.3 is 20.7 Å². The molecule has 0 aliphatic carbocycles. The van der Waals surface area contributed by atoms with E-state index in [0.717, 1.165) is 44.1 Å². The van der Waals surface area contributed by atoms with Crippen molar-refractivity contribution >= 4 is 11.9 Å². The Hall–Kier alpha value is -2.08. The maximum Gasteiger partial charge on any atom is 0.251 e. The predicted octanol–water partition coefficient (Wildman–Crippen LogP) is 2.31. The number of amides is 1. The molecule has 0 heterocycles. The minimum atomic E-state index is -0.0300. The molecule has 0 spiro atoms. The molecule has 3 N–H and O–H groups in total. The number of guanidine groups is 1. The van der Waals surface area contributed by atoms with Crippen LogP contribution >= 0.6 is 0 Å². The number of carbonyl (C=O) groups is 1. The fourth-order valence-electron chi connectivity index (χ4n) is 2.11. The molecule has 6 nitrogen and oxygen atoms in total. The molecule has 1 rings (SSSR count). The van der Waals surface area contributed by atoms with E-state index in [4.69, 9.17) is 4.74 Å². The highest BCUT2D eigenvalue weighted by atomic mass is 16.5. The minimum Gasteiger partial charge on any atom is -0.385 e. The van der Waals surface area contributed by atoms with Gasteiger partial charge in [0, 0.05) is 38.4 Å². The number of hydrogen-bond donors (Lipinski definition) is 3. The highest BCUT2D eigenvalue weighted by Gasteiger charge is 2.08. The lowest BCUT2D eigenvalue weighted by atomic mass is 10.1. The SMILES string of the molecule is CCNC(=NCc1ccc(C(=O)NC(C)CC)cc1)NCCCOC. The molecule has 1 atom stereocenters. The molecular formula is C19H32N4O2. The molecule has 0 bridgehead atoms. The van der Waals surface area contributed by atoms with E-state index in [1.165, 1.54) is 0 Å². The summed E-state index contributed by atoms with van der Waals surface area (Å²) in [6.07, 6.45) is 1.85. The van der Waals surface area contributed by atoms with Crippen molar-refractivity contribution in [1.29, 1.82) is 0 Å². The Morgan fingerprint density at radius 1 is 1.20 bits per heavy atom. The Bertz CT molecular complexity index is 529. The van der Waals surface area contributed by atoms with Crippen molar-refractivity contribution in [1.82, 2.24) is 16.0 Å². The number of aliphatic imine (C=N–C) groups is 1. The van der Waals surface area contributed by atoms with Crippen molar-refractivity contribution in [2.75, 3.05) is 26.8 Å².